The maximum absolute atomic E-state index is 13.1. The van der Waals surface area contributed by atoms with Gasteiger partial charge in [-0.25, -0.2) is 4.39 Å². The van der Waals surface area contributed by atoms with Crippen molar-refractivity contribution < 1.29 is 23.6 Å². The highest BCUT2D eigenvalue weighted by atomic mass is 35.5. The molecule has 0 radical (unpaired) electrons. The molecule has 0 aliphatic rings. The number of benzene rings is 2. The van der Waals surface area contributed by atoms with Gasteiger partial charge in [0.25, 0.3) is 11.8 Å². The quantitative estimate of drug-likeness (QED) is 0.628. The molecular formula is C20H24ClFN3O3+. The molecule has 0 saturated heterocycles. The zero-order valence-electron chi connectivity index (χ0n) is 16.0. The van der Waals surface area contributed by atoms with Crippen molar-refractivity contribution in [3.63, 3.8) is 0 Å². The van der Waals surface area contributed by atoms with Crippen LogP contribution in [-0.4, -0.2) is 38.1 Å². The Bertz CT molecular complexity index is 830. The number of amides is 2. The average molecular weight is 409 g/mol. The Labute approximate surface area is 168 Å². The van der Waals surface area contributed by atoms with Crippen LogP contribution in [0.15, 0.2) is 42.5 Å². The van der Waals surface area contributed by atoms with Gasteiger partial charge in [0.1, 0.15) is 11.6 Å². The number of quaternary nitrogens is 1. The second-order valence-corrected chi connectivity index (χ2v) is 6.71. The van der Waals surface area contributed by atoms with Gasteiger partial charge in [0.15, 0.2) is 12.6 Å². The van der Waals surface area contributed by atoms with Gasteiger partial charge in [-0.05, 0) is 56.3 Å². The van der Waals surface area contributed by atoms with E-state index >= 15 is 0 Å². The van der Waals surface area contributed by atoms with Crippen molar-refractivity contribution >= 4 is 34.8 Å². The summed E-state index contributed by atoms with van der Waals surface area (Å²) in [6.45, 7) is 4.31. The number of hydrogen-bond acceptors (Lipinski definition) is 3. The first-order valence-electron chi connectivity index (χ1n) is 8.88. The molecule has 1 unspecified atom stereocenters. The van der Waals surface area contributed by atoms with Crippen molar-refractivity contribution in [3.05, 3.63) is 53.3 Å². The van der Waals surface area contributed by atoms with Crippen LogP contribution >= 0.6 is 11.6 Å². The highest BCUT2D eigenvalue weighted by Crippen LogP contribution is 2.22. The van der Waals surface area contributed by atoms with E-state index in [0.717, 1.165) is 11.0 Å². The molecular weight excluding hydrogens is 385 g/mol. The fraction of sp³-hybridized carbons (Fsp3) is 0.300. The summed E-state index contributed by atoms with van der Waals surface area (Å²) in [4.78, 5) is 25.7. The number of ether oxygens (including phenoxy) is 1. The molecule has 0 saturated carbocycles. The van der Waals surface area contributed by atoms with Crippen molar-refractivity contribution in [1.82, 2.24) is 0 Å². The van der Waals surface area contributed by atoms with Crippen LogP contribution in [-0.2, 0) is 9.59 Å². The number of carbonyl (C=O) groups is 2. The Kier molecular flexibility index (Phi) is 7.78. The van der Waals surface area contributed by atoms with E-state index in [1.54, 1.807) is 38.3 Å². The lowest BCUT2D eigenvalue weighted by atomic mass is 10.2. The smallest absolute Gasteiger partial charge is 0.282 e. The Morgan fingerprint density at radius 1 is 1.18 bits per heavy atom. The van der Waals surface area contributed by atoms with Crippen molar-refractivity contribution in [1.29, 1.82) is 0 Å². The van der Waals surface area contributed by atoms with E-state index in [1.807, 2.05) is 6.92 Å². The molecule has 0 aliphatic heterocycles. The van der Waals surface area contributed by atoms with Crippen LogP contribution < -0.4 is 20.3 Å². The summed E-state index contributed by atoms with van der Waals surface area (Å²) in [7, 11) is 1.57. The zero-order valence-corrected chi connectivity index (χ0v) is 16.8. The maximum atomic E-state index is 13.1. The summed E-state index contributed by atoms with van der Waals surface area (Å²) in [5, 5.41) is 5.61. The van der Waals surface area contributed by atoms with E-state index in [1.165, 1.54) is 12.1 Å². The monoisotopic (exact) mass is 408 g/mol. The fourth-order valence-electron chi connectivity index (χ4n) is 2.69. The number of nitrogens with one attached hydrogen (secondary N) is 3. The topological polar surface area (TPSA) is 71.9 Å². The summed E-state index contributed by atoms with van der Waals surface area (Å²) in [6.07, 6.45) is 0. The van der Waals surface area contributed by atoms with Crippen LogP contribution in [0.2, 0.25) is 5.02 Å². The molecule has 3 N–H and O–H groups in total. The second-order valence-electron chi connectivity index (χ2n) is 6.30. The first-order chi connectivity index (χ1) is 13.3. The normalized spacial score (nSPS) is 12.8. The average Bonchev–Trinajstić information content (AvgIpc) is 2.68. The van der Waals surface area contributed by atoms with Crippen molar-refractivity contribution in [3.8, 4) is 5.75 Å². The van der Waals surface area contributed by atoms with Gasteiger partial charge in [-0.3, -0.25) is 9.59 Å². The largest absolute Gasteiger partial charge is 0.497 e. The molecule has 2 rings (SSSR count). The minimum atomic E-state index is -0.507. The molecule has 2 aromatic carbocycles. The predicted octanol–water partition coefficient (Wildman–Crippen LogP) is 2.36. The molecule has 0 aromatic heterocycles. The van der Waals surface area contributed by atoms with Gasteiger partial charge >= 0.3 is 0 Å². The highest BCUT2D eigenvalue weighted by Gasteiger charge is 2.26. The number of methoxy groups -OCH3 is 1. The van der Waals surface area contributed by atoms with Crippen molar-refractivity contribution in [2.24, 2.45) is 0 Å². The first-order valence-corrected chi connectivity index (χ1v) is 9.26. The lowest BCUT2D eigenvalue weighted by Gasteiger charge is -2.23. The maximum Gasteiger partial charge on any atom is 0.282 e. The molecule has 28 heavy (non-hydrogen) atoms. The van der Waals surface area contributed by atoms with Crippen molar-refractivity contribution in [2.75, 3.05) is 30.8 Å². The number of halogens is 2. The molecule has 0 fully saturated rings. The number of anilines is 2. The number of likely N-dealkylation sites (N-methyl/N-ethyl adjacent to an activating group) is 1. The molecule has 0 bridgehead atoms. The van der Waals surface area contributed by atoms with E-state index in [0.29, 0.717) is 23.7 Å². The Balaban J connectivity index is 1.96. The third kappa shape index (κ3) is 5.94. The lowest BCUT2D eigenvalue weighted by Crippen LogP contribution is -3.17. The molecule has 150 valence electrons. The predicted molar refractivity (Wildman–Crippen MR) is 107 cm³/mol. The van der Waals surface area contributed by atoms with Gasteiger partial charge in [-0.15, -0.1) is 0 Å². The number of hydrogen-bond donors (Lipinski definition) is 3. The third-order valence-corrected chi connectivity index (χ3v) is 4.72. The summed E-state index contributed by atoms with van der Waals surface area (Å²) >= 11 is 5.95. The lowest BCUT2D eigenvalue weighted by molar-refractivity contribution is -0.904. The summed E-state index contributed by atoms with van der Waals surface area (Å²) in [6, 6.07) is 10.3. The van der Waals surface area contributed by atoms with Gasteiger partial charge < -0.3 is 20.3 Å². The summed E-state index contributed by atoms with van der Waals surface area (Å²) < 4.78 is 18.2. The Hall–Kier alpha value is -2.64. The second kappa shape index (κ2) is 10.1. The highest BCUT2D eigenvalue weighted by molar-refractivity contribution is 6.33. The molecule has 2 atom stereocenters. The molecule has 2 amide bonds. The minimum absolute atomic E-state index is 0.119. The molecule has 0 spiro atoms. The minimum Gasteiger partial charge on any atom is -0.497 e. The van der Waals surface area contributed by atoms with Crippen LogP contribution in [0.1, 0.15) is 13.8 Å². The summed E-state index contributed by atoms with van der Waals surface area (Å²) in [5.41, 5.74) is 0.981. The molecule has 0 aliphatic carbocycles. The van der Waals surface area contributed by atoms with Crippen LogP contribution in [0.4, 0.5) is 15.8 Å². The van der Waals surface area contributed by atoms with Crippen molar-refractivity contribution in [2.45, 2.75) is 19.9 Å². The van der Waals surface area contributed by atoms with Crippen LogP contribution in [0, 0.1) is 5.82 Å². The molecule has 2 aromatic rings. The molecule has 8 heteroatoms. The van der Waals surface area contributed by atoms with Gasteiger partial charge in [0, 0.05) is 5.69 Å². The van der Waals surface area contributed by atoms with Gasteiger partial charge in [0.2, 0.25) is 0 Å². The molecule has 6 nitrogen and oxygen atoms in total. The number of rotatable bonds is 8. The summed E-state index contributed by atoms with van der Waals surface area (Å²) in [5.74, 6) is -0.292. The Morgan fingerprint density at radius 3 is 2.43 bits per heavy atom. The van der Waals surface area contributed by atoms with E-state index in [2.05, 4.69) is 10.6 Å². The van der Waals surface area contributed by atoms with Crippen LogP contribution in [0.25, 0.3) is 0 Å². The standard InChI is InChI=1S/C20H23ClFN3O3/c1-4-25(12-19(26)23-15-6-8-16(28-3)9-7-15)13(2)20(27)24-18-10-5-14(22)11-17(18)21/h5-11,13H,4,12H2,1-3H3,(H,23,26)(H,24,27)/p+1/t13-/m1/s1. The van der Waals surface area contributed by atoms with Gasteiger partial charge in [0.05, 0.1) is 24.4 Å². The van der Waals surface area contributed by atoms with E-state index in [4.69, 9.17) is 16.3 Å². The number of carbonyl (C=O) groups excluding carboxylic acids is 2. The van der Waals surface area contributed by atoms with Crippen LogP contribution in [0.3, 0.4) is 0 Å². The SMILES string of the molecule is CC[NH+](CC(=O)Nc1ccc(OC)cc1)[C@H](C)C(=O)Nc1ccc(F)cc1Cl. The Morgan fingerprint density at radius 2 is 1.86 bits per heavy atom. The van der Waals surface area contributed by atoms with E-state index in [-0.39, 0.29) is 23.4 Å². The third-order valence-electron chi connectivity index (χ3n) is 4.41. The van der Waals surface area contributed by atoms with Crippen LogP contribution in [0.5, 0.6) is 5.75 Å². The molecule has 0 heterocycles. The van der Waals surface area contributed by atoms with E-state index < -0.39 is 11.9 Å². The van der Waals surface area contributed by atoms with Gasteiger partial charge in [-0.2, -0.15) is 0 Å². The fourth-order valence-corrected chi connectivity index (χ4v) is 2.90. The van der Waals surface area contributed by atoms with Gasteiger partial charge in [-0.1, -0.05) is 11.6 Å². The first kappa shape index (κ1) is 21.7. The van der Waals surface area contributed by atoms with E-state index in [9.17, 15) is 14.0 Å². The zero-order chi connectivity index (χ0) is 20.7.